The van der Waals surface area contributed by atoms with Gasteiger partial charge in [-0.15, -0.1) is 0 Å². The van der Waals surface area contributed by atoms with E-state index in [2.05, 4.69) is 22.4 Å². The van der Waals surface area contributed by atoms with Crippen LogP contribution in [0.2, 0.25) is 0 Å². The number of carbonyl (C=O) groups is 2. The van der Waals surface area contributed by atoms with Crippen molar-refractivity contribution in [1.82, 2.24) is 14.9 Å². The van der Waals surface area contributed by atoms with Crippen LogP contribution in [0.1, 0.15) is 32.0 Å². The van der Waals surface area contributed by atoms with E-state index in [1.165, 1.54) is 12.7 Å². The first-order valence-electron chi connectivity index (χ1n) is 8.89. The maximum Gasteiger partial charge on any atom is 0.408 e. The van der Waals surface area contributed by atoms with Crippen LogP contribution in [0, 0.1) is 0 Å². The van der Waals surface area contributed by atoms with Crippen molar-refractivity contribution >= 4 is 12.1 Å². The van der Waals surface area contributed by atoms with Crippen molar-refractivity contribution in [2.45, 2.75) is 51.8 Å². The molecule has 1 heterocycles. The highest BCUT2D eigenvalue weighted by atomic mass is 16.6. The molecule has 0 spiro atoms. The van der Waals surface area contributed by atoms with Crippen LogP contribution in [0.15, 0.2) is 42.9 Å². The lowest BCUT2D eigenvalue weighted by Gasteiger charge is -2.22. The normalized spacial score (nSPS) is 12.3. The molecule has 7 heteroatoms. The molecule has 7 nitrogen and oxygen atoms in total. The Morgan fingerprint density at radius 2 is 1.93 bits per heavy atom. The van der Waals surface area contributed by atoms with E-state index in [-0.39, 0.29) is 6.42 Å². The summed E-state index contributed by atoms with van der Waals surface area (Å²) in [4.78, 5) is 28.3. The van der Waals surface area contributed by atoms with Crippen LogP contribution in [0.3, 0.4) is 0 Å². The molecule has 1 unspecified atom stereocenters. The lowest BCUT2D eigenvalue weighted by Crippen LogP contribution is -2.45. The van der Waals surface area contributed by atoms with Crippen LogP contribution >= 0.6 is 0 Å². The minimum Gasteiger partial charge on any atom is -0.467 e. The molecule has 0 aliphatic heterocycles. The molecule has 0 bridgehead atoms. The number of amides is 1. The first-order valence-corrected chi connectivity index (χ1v) is 8.89. The van der Waals surface area contributed by atoms with Gasteiger partial charge in [0.25, 0.3) is 0 Å². The number of carbonyl (C=O) groups excluding carboxylic acids is 2. The van der Waals surface area contributed by atoms with Crippen molar-refractivity contribution in [1.29, 1.82) is 0 Å². The number of alkyl carbamates (subject to hydrolysis) is 1. The third kappa shape index (κ3) is 7.13. The van der Waals surface area contributed by atoms with Crippen molar-refractivity contribution in [3.05, 3.63) is 54.1 Å². The third-order valence-electron chi connectivity index (χ3n) is 3.78. The van der Waals surface area contributed by atoms with Crippen LogP contribution in [0.4, 0.5) is 4.79 Å². The maximum atomic E-state index is 12.0. The van der Waals surface area contributed by atoms with Crippen LogP contribution < -0.4 is 5.32 Å². The Bertz CT molecular complexity index is 750. The molecule has 0 fully saturated rings. The standard InChI is InChI=1S/C20H27N3O4/c1-20(2,3)27-19(25)22-17(18(24)26-4)12-16-13-23(14-21-16)11-10-15-8-6-5-7-9-15/h5-9,13-14,17H,10-12H2,1-4H3,(H,22,25). The summed E-state index contributed by atoms with van der Waals surface area (Å²) in [7, 11) is 1.28. The van der Waals surface area contributed by atoms with Crippen LogP contribution in [0.5, 0.6) is 0 Å². The molecular weight excluding hydrogens is 346 g/mol. The summed E-state index contributed by atoms with van der Waals surface area (Å²) in [5.41, 5.74) is 1.28. The number of benzene rings is 1. The molecule has 0 saturated heterocycles. The van der Waals surface area contributed by atoms with Crippen molar-refractivity contribution in [2.75, 3.05) is 7.11 Å². The topological polar surface area (TPSA) is 82.5 Å². The van der Waals surface area contributed by atoms with E-state index in [1.807, 2.05) is 29.0 Å². The fraction of sp³-hybridized carbons (Fsp3) is 0.450. The second-order valence-electron chi connectivity index (χ2n) is 7.26. The summed E-state index contributed by atoms with van der Waals surface area (Å²) in [6.45, 7) is 6.05. The summed E-state index contributed by atoms with van der Waals surface area (Å²) < 4.78 is 12.0. The minimum absolute atomic E-state index is 0.226. The highest BCUT2D eigenvalue weighted by Gasteiger charge is 2.26. The van der Waals surface area contributed by atoms with E-state index in [0.29, 0.717) is 5.69 Å². The lowest BCUT2D eigenvalue weighted by molar-refractivity contribution is -0.143. The summed E-state index contributed by atoms with van der Waals surface area (Å²) >= 11 is 0. The van der Waals surface area contributed by atoms with Crippen molar-refractivity contribution < 1.29 is 19.1 Å². The Labute approximate surface area is 159 Å². The average Bonchev–Trinajstić information content (AvgIpc) is 3.05. The van der Waals surface area contributed by atoms with Gasteiger partial charge in [-0.1, -0.05) is 30.3 Å². The quantitative estimate of drug-likeness (QED) is 0.755. The smallest absolute Gasteiger partial charge is 0.408 e. The molecular formula is C20H27N3O4. The number of aryl methyl sites for hydroxylation is 2. The zero-order chi connectivity index (χ0) is 19.9. The first kappa shape index (κ1) is 20.5. The fourth-order valence-corrected chi connectivity index (χ4v) is 2.53. The van der Waals surface area contributed by atoms with Crippen LogP contribution in [0.25, 0.3) is 0 Å². The zero-order valence-electron chi connectivity index (χ0n) is 16.3. The van der Waals surface area contributed by atoms with E-state index >= 15 is 0 Å². The summed E-state index contributed by atoms with van der Waals surface area (Å²) in [6, 6.07) is 9.31. The second kappa shape index (κ2) is 9.21. The van der Waals surface area contributed by atoms with Crippen LogP contribution in [-0.4, -0.2) is 40.4 Å². The zero-order valence-corrected chi connectivity index (χ0v) is 16.3. The van der Waals surface area contributed by atoms with Gasteiger partial charge >= 0.3 is 12.1 Å². The van der Waals surface area contributed by atoms with Gasteiger partial charge in [0.15, 0.2) is 0 Å². The molecule has 2 rings (SSSR count). The Morgan fingerprint density at radius 3 is 2.56 bits per heavy atom. The number of imidazole rings is 1. The molecule has 1 aromatic carbocycles. The van der Waals surface area contributed by atoms with Gasteiger partial charge in [0.1, 0.15) is 11.6 Å². The number of esters is 1. The molecule has 1 aromatic heterocycles. The molecule has 1 N–H and O–H groups in total. The molecule has 2 aromatic rings. The van der Waals surface area contributed by atoms with Gasteiger partial charge in [-0.2, -0.15) is 0 Å². The number of hydrogen-bond donors (Lipinski definition) is 1. The van der Waals surface area contributed by atoms with Gasteiger partial charge < -0.3 is 19.4 Å². The molecule has 0 saturated carbocycles. The van der Waals surface area contributed by atoms with E-state index in [1.54, 1.807) is 27.1 Å². The maximum absolute atomic E-state index is 12.0. The Balaban J connectivity index is 1.95. The molecule has 1 atom stereocenters. The van der Waals surface area contributed by atoms with Crippen molar-refractivity contribution in [2.24, 2.45) is 0 Å². The number of rotatable bonds is 7. The van der Waals surface area contributed by atoms with Gasteiger partial charge in [-0.25, -0.2) is 14.6 Å². The highest BCUT2D eigenvalue weighted by Crippen LogP contribution is 2.09. The number of hydrogen-bond acceptors (Lipinski definition) is 5. The van der Waals surface area contributed by atoms with Crippen LogP contribution in [-0.2, 0) is 33.7 Å². The monoisotopic (exact) mass is 373 g/mol. The van der Waals surface area contributed by atoms with E-state index in [0.717, 1.165) is 13.0 Å². The van der Waals surface area contributed by atoms with Gasteiger partial charge in [-0.3, -0.25) is 0 Å². The Morgan fingerprint density at radius 1 is 1.22 bits per heavy atom. The third-order valence-corrected chi connectivity index (χ3v) is 3.78. The fourth-order valence-electron chi connectivity index (χ4n) is 2.53. The molecule has 0 radical (unpaired) electrons. The van der Waals surface area contributed by atoms with E-state index in [9.17, 15) is 9.59 Å². The number of aromatic nitrogens is 2. The number of nitrogens with one attached hydrogen (secondary N) is 1. The SMILES string of the molecule is COC(=O)C(Cc1cn(CCc2ccccc2)cn1)NC(=O)OC(C)(C)C. The molecule has 27 heavy (non-hydrogen) atoms. The first-order chi connectivity index (χ1) is 12.8. The van der Waals surface area contributed by atoms with Crippen molar-refractivity contribution in [3.63, 3.8) is 0 Å². The number of methoxy groups -OCH3 is 1. The van der Waals surface area contributed by atoms with Gasteiger partial charge in [0.2, 0.25) is 0 Å². The predicted molar refractivity (Wildman–Crippen MR) is 101 cm³/mol. The summed E-state index contributed by atoms with van der Waals surface area (Å²) in [6.07, 6.45) is 4.04. The highest BCUT2D eigenvalue weighted by molar-refractivity contribution is 5.81. The van der Waals surface area contributed by atoms with E-state index in [4.69, 9.17) is 9.47 Å². The average molecular weight is 373 g/mol. The Hall–Kier alpha value is -2.83. The summed E-state index contributed by atoms with van der Waals surface area (Å²) in [5, 5.41) is 2.55. The molecule has 0 aliphatic rings. The summed E-state index contributed by atoms with van der Waals surface area (Å²) in [5.74, 6) is -0.542. The lowest BCUT2D eigenvalue weighted by atomic mass is 10.1. The van der Waals surface area contributed by atoms with Gasteiger partial charge in [-0.05, 0) is 32.8 Å². The van der Waals surface area contributed by atoms with Gasteiger partial charge in [0.05, 0.1) is 19.1 Å². The number of nitrogens with zero attached hydrogens (tertiary/aromatic N) is 2. The molecule has 146 valence electrons. The molecule has 0 aliphatic carbocycles. The Kier molecular flexibility index (Phi) is 6.98. The largest absolute Gasteiger partial charge is 0.467 e. The van der Waals surface area contributed by atoms with Gasteiger partial charge in [0, 0.05) is 19.2 Å². The molecule has 1 amide bonds. The van der Waals surface area contributed by atoms with Crippen molar-refractivity contribution in [3.8, 4) is 0 Å². The minimum atomic E-state index is -0.859. The number of ether oxygens (including phenoxy) is 2. The predicted octanol–water partition coefficient (Wildman–Crippen LogP) is 2.73. The van der Waals surface area contributed by atoms with E-state index < -0.39 is 23.7 Å². The second-order valence-corrected chi connectivity index (χ2v) is 7.26.